The molecular formula is C15H11O3. The predicted octanol–water partition coefficient (Wildman–Crippen LogP) is 2.68. The first-order valence-electron chi connectivity index (χ1n) is 5.76. The number of benzene rings is 2. The smallest absolute Gasteiger partial charge is 0.341 e. The maximum absolute atomic E-state index is 12.7. The first-order chi connectivity index (χ1) is 8.69. The Hall–Kier alpha value is -2.13. The van der Waals surface area contributed by atoms with Crippen LogP contribution in [-0.4, -0.2) is 5.97 Å². The highest BCUT2D eigenvalue weighted by molar-refractivity contribution is 5.94. The Morgan fingerprint density at radius 2 is 1.61 bits per heavy atom. The minimum Gasteiger partial charge on any atom is -0.422 e. The number of cyclic esters (lactones) is 1. The summed E-state index contributed by atoms with van der Waals surface area (Å²) in [5.41, 5.74) is 1.67. The van der Waals surface area contributed by atoms with Crippen molar-refractivity contribution in [1.29, 1.82) is 0 Å². The standard InChI is InChI=1S/C15H11O3/c16-14-12-8-4-5-9-13(12)15(17,18-14)10-11-6-2-1-3-7-11/h1-9H,10H2. The van der Waals surface area contributed by atoms with Crippen LogP contribution in [0.1, 0.15) is 21.5 Å². The van der Waals surface area contributed by atoms with E-state index in [4.69, 9.17) is 4.74 Å². The Morgan fingerprint density at radius 1 is 0.944 bits per heavy atom. The number of fused-ring (bicyclic) bond motifs is 1. The van der Waals surface area contributed by atoms with Crippen molar-refractivity contribution in [1.82, 2.24) is 0 Å². The molecule has 89 valence electrons. The minimum absolute atomic E-state index is 0.149. The molecule has 0 spiro atoms. The van der Waals surface area contributed by atoms with Crippen LogP contribution in [0.15, 0.2) is 54.6 Å². The second-order valence-corrected chi connectivity index (χ2v) is 4.35. The van der Waals surface area contributed by atoms with Crippen molar-refractivity contribution in [3.05, 3.63) is 71.3 Å². The van der Waals surface area contributed by atoms with Gasteiger partial charge in [0.25, 0.3) is 5.79 Å². The lowest BCUT2D eigenvalue weighted by molar-refractivity contribution is -0.204. The van der Waals surface area contributed by atoms with Crippen LogP contribution >= 0.6 is 0 Å². The van der Waals surface area contributed by atoms with Crippen molar-refractivity contribution in [2.75, 3.05) is 0 Å². The number of carbonyl (C=O) groups is 1. The molecule has 3 heteroatoms. The number of rotatable bonds is 2. The van der Waals surface area contributed by atoms with E-state index in [1.807, 2.05) is 30.3 Å². The van der Waals surface area contributed by atoms with Crippen molar-refractivity contribution in [2.45, 2.75) is 12.2 Å². The van der Waals surface area contributed by atoms with E-state index in [1.54, 1.807) is 24.3 Å². The molecule has 1 radical (unpaired) electrons. The molecule has 0 aliphatic carbocycles. The molecule has 1 aliphatic rings. The van der Waals surface area contributed by atoms with Gasteiger partial charge >= 0.3 is 5.97 Å². The third-order valence-electron chi connectivity index (χ3n) is 3.09. The first kappa shape index (κ1) is 11.0. The highest BCUT2D eigenvalue weighted by atomic mass is 16.7. The lowest BCUT2D eigenvalue weighted by Crippen LogP contribution is -2.26. The normalized spacial score (nSPS) is 21.5. The number of esters is 1. The zero-order chi connectivity index (χ0) is 12.6. The summed E-state index contributed by atoms with van der Waals surface area (Å²) >= 11 is 0. The third-order valence-corrected chi connectivity index (χ3v) is 3.09. The van der Waals surface area contributed by atoms with E-state index in [2.05, 4.69) is 0 Å². The van der Waals surface area contributed by atoms with Crippen LogP contribution in [0.5, 0.6) is 0 Å². The van der Waals surface area contributed by atoms with Gasteiger partial charge in [0.1, 0.15) is 0 Å². The SMILES string of the molecule is [O]C1(Cc2ccccc2)OC(=O)c2ccccc21. The molecule has 1 atom stereocenters. The second-order valence-electron chi connectivity index (χ2n) is 4.35. The Morgan fingerprint density at radius 3 is 2.39 bits per heavy atom. The maximum atomic E-state index is 12.7. The van der Waals surface area contributed by atoms with E-state index >= 15 is 0 Å². The molecule has 1 unspecified atom stereocenters. The van der Waals surface area contributed by atoms with Gasteiger partial charge in [-0.2, -0.15) is 5.11 Å². The molecule has 1 aliphatic heterocycles. The summed E-state index contributed by atoms with van der Waals surface area (Å²) in [5.74, 6) is -2.33. The van der Waals surface area contributed by atoms with Gasteiger partial charge in [-0.05, 0) is 11.6 Å². The number of carbonyl (C=O) groups excluding carboxylic acids is 1. The number of hydrogen-bond acceptors (Lipinski definition) is 2. The van der Waals surface area contributed by atoms with Gasteiger partial charge in [0.05, 0.1) is 5.56 Å². The summed E-state index contributed by atoms with van der Waals surface area (Å²) in [4.78, 5) is 11.6. The Labute approximate surface area is 105 Å². The van der Waals surface area contributed by atoms with Crippen LogP contribution in [-0.2, 0) is 22.1 Å². The molecule has 18 heavy (non-hydrogen) atoms. The fourth-order valence-electron chi connectivity index (χ4n) is 2.25. The van der Waals surface area contributed by atoms with Gasteiger partial charge in [-0.15, -0.1) is 0 Å². The van der Waals surface area contributed by atoms with Crippen molar-refractivity contribution >= 4 is 5.97 Å². The average molecular weight is 239 g/mol. The van der Waals surface area contributed by atoms with Crippen LogP contribution in [0.2, 0.25) is 0 Å². The summed E-state index contributed by atoms with van der Waals surface area (Å²) in [6.07, 6.45) is 0.149. The Bertz CT molecular complexity index is 592. The van der Waals surface area contributed by atoms with Crippen molar-refractivity contribution in [3.63, 3.8) is 0 Å². The molecule has 3 rings (SSSR count). The molecule has 0 bridgehead atoms. The average Bonchev–Trinajstić information content (AvgIpc) is 2.63. The van der Waals surface area contributed by atoms with E-state index < -0.39 is 11.8 Å². The molecule has 3 nitrogen and oxygen atoms in total. The summed E-state index contributed by atoms with van der Waals surface area (Å²) in [6, 6.07) is 16.1. The van der Waals surface area contributed by atoms with Crippen LogP contribution in [0.25, 0.3) is 0 Å². The molecule has 0 aromatic heterocycles. The molecular weight excluding hydrogens is 228 g/mol. The van der Waals surface area contributed by atoms with Crippen LogP contribution in [0, 0.1) is 0 Å². The molecule has 0 saturated heterocycles. The van der Waals surface area contributed by atoms with Gasteiger partial charge in [-0.25, -0.2) is 4.79 Å². The van der Waals surface area contributed by atoms with E-state index in [0.717, 1.165) is 5.56 Å². The minimum atomic E-state index is -1.80. The topological polar surface area (TPSA) is 46.2 Å². The first-order valence-corrected chi connectivity index (χ1v) is 5.76. The molecule has 0 N–H and O–H groups in total. The van der Waals surface area contributed by atoms with Gasteiger partial charge in [0.2, 0.25) is 0 Å². The zero-order valence-corrected chi connectivity index (χ0v) is 9.63. The zero-order valence-electron chi connectivity index (χ0n) is 9.63. The lowest BCUT2D eigenvalue weighted by atomic mass is 9.96. The monoisotopic (exact) mass is 239 g/mol. The second kappa shape index (κ2) is 3.96. The third kappa shape index (κ3) is 1.69. The fraction of sp³-hybridized carbons (Fsp3) is 0.133. The van der Waals surface area contributed by atoms with Crippen molar-refractivity contribution < 1.29 is 14.6 Å². The summed E-state index contributed by atoms with van der Waals surface area (Å²) in [6.45, 7) is 0. The Balaban J connectivity index is 2.00. The van der Waals surface area contributed by atoms with E-state index in [9.17, 15) is 9.90 Å². The number of ether oxygens (including phenoxy) is 1. The molecule has 0 amide bonds. The van der Waals surface area contributed by atoms with Crippen LogP contribution < -0.4 is 0 Å². The summed E-state index contributed by atoms with van der Waals surface area (Å²) < 4.78 is 5.03. The van der Waals surface area contributed by atoms with Gasteiger partial charge in [0, 0.05) is 12.0 Å². The van der Waals surface area contributed by atoms with E-state index in [0.29, 0.717) is 11.1 Å². The van der Waals surface area contributed by atoms with Crippen molar-refractivity contribution in [2.24, 2.45) is 0 Å². The van der Waals surface area contributed by atoms with Crippen molar-refractivity contribution in [3.8, 4) is 0 Å². The molecule has 0 saturated carbocycles. The van der Waals surface area contributed by atoms with Gasteiger partial charge in [0.15, 0.2) is 0 Å². The van der Waals surface area contributed by atoms with E-state index in [1.165, 1.54) is 0 Å². The summed E-state index contributed by atoms with van der Waals surface area (Å²) in [7, 11) is 0. The number of hydrogen-bond donors (Lipinski definition) is 0. The fourth-order valence-corrected chi connectivity index (χ4v) is 2.25. The highest BCUT2D eigenvalue weighted by Crippen LogP contribution is 2.37. The van der Waals surface area contributed by atoms with Gasteiger partial charge in [-0.1, -0.05) is 48.5 Å². The lowest BCUT2D eigenvalue weighted by Gasteiger charge is -2.19. The quantitative estimate of drug-likeness (QED) is 0.756. The summed E-state index contributed by atoms with van der Waals surface area (Å²) in [5, 5.41) is 12.7. The van der Waals surface area contributed by atoms with Gasteiger partial charge < -0.3 is 4.74 Å². The largest absolute Gasteiger partial charge is 0.422 e. The molecule has 0 fully saturated rings. The molecule has 1 heterocycles. The molecule has 2 aromatic rings. The Kier molecular flexibility index (Phi) is 2.42. The van der Waals surface area contributed by atoms with E-state index in [-0.39, 0.29) is 6.42 Å². The maximum Gasteiger partial charge on any atom is 0.341 e. The van der Waals surface area contributed by atoms with Crippen LogP contribution in [0.4, 0.5) is 0 Å². The predicted molar refractivity (Wildman–Crippen MR) is 64.4 cm³/mol. The molecule has 2 aromatic carbocycles. The highest BCUT2D eigenvalue weighted by Gasteiger charge is 2.45. The van der Waals surface area contributed by atoms with Crippen LogP contribution in [0.3, 0.4) is 0 Å². The van der Waals surface area contributed by atoms with Gasteiger partial charge in [-0.3, -0.25) is 0 Å².